The van der Waals surface area contributed by atoms with Crippen molar-refractivity contribution >= 4 is 21.9 Å². The summed E-state index contributed by atoms with van der Waals surface area (Å²) in [6, 6.07) is 1.99. The molecular weight excluding hydrogens is 330 g/mol. The Labute approximate surface area is 135 Å². The second kappa shape index (κ2) is 7.39. The highest BCUT2D eigenvalue weighted by molar-refractivity contribution is 9.10. The Balaban J connectivity index is 2.04. The summed E-state index contributed by atoms with van der Waals surface area (Å²) in [5, 5.41) is 9.75. The lowest BCUT2D eigenvalue weighted by Crippen LogP contribution is -2.37. The fourth-order valence-corrected chi connectivity index (χ4v) is 3.83. The Kier molecular flexibility index (Phi) is 5.80. The number of halogens is 1. The molecule has 1 saturated carbocycles. The average Bonchev–Trinajstić information content (AvgIpc) is 2.46. The van der Waals surface area contributed by atoms with Gasteiger partial charge in [-0.25, -0.2) is 0 Å². The summed E-state index contributed by atoms with van der Waals surface area (Å²) in [5.41, 5.74) is 0.421. The van der Waals surface area contributed by atoms with Crippen molar-refractivity contribution in [1.29, 1.82) is 0 Å². The van der Waals surface area contributed by atoms with Crippen LogP contribution in [0.1, 0.15) is 57.4 Å². The van der Waals surface area contributed by atoms with Gasteiger partial charge in [0.1, 0.15) is 0 Å². The Morgan fingerprint density at radius 2 is 2.14 bits per heavy atom. The number of carbonyl (C=O) groups is 1. The summed E-state index contributed by atoms with van der Waals surface area (Å²) in [7, 11) is 0. The number of aliphatic carboxylic acids is 1. The van der Waals surface area contributed by atoms with Crippen LogP contribution in [0.4, 0.5) is 0 Å². The zero-order valence-corrected chi connectivity index (χ0v) is 14.2. The maximum atomic E-state index is 11.9. The fraction of sp³-hybridized carbons (Fsp3) is 0.647. The third kappa shape index (κ3) is 4.29. The number of carboxylic acids is 1. The topological polar surface area (TPSA) is 50.2 Å². The van der Waals surface area contributed by atoms with Crippen LogP contribution in [-0.4, -0.2) is 16.1 Å². The van der Waals surface area contributed by atoms with E-state index in [1.165, 1.54) is 19.3 Å². The molecule has 1 aromatic heterocycles. The molecule has 116 valence electrons. The van der Waals surface area contributed by atoms with Crippen LogP contribution in [0, 0.1) is 11.3 Å². The Hall–Kier alpha value is -0.900. The van der Waals surface area contributed by atoms with Gasteiger partial charge in [0.05, 0.1) is 5.41 Å². The molecule has 3 nitrogen and oxygen atoms in total. The summed E-state index contributed by atoms with van der Waals surface area (Å²) in [5.74, 6) is 0.0782. The van der Waals surface area contributed by atoms with Gasteiger partial charge in [-0.2, -0.15) is 0 Å². The first-order valence-corrected chi connectivity index (χ1v) is 8.68. The molecule has 0 amide bonds. The van der Waals surface area contributed by atoms with E-state index in [1.54, 1.807) is 12.4 Å². The monoisotopic (exact) mass is 353 g/mol. The molecule has 0 bridgehead atoms. The van der Waals surface area contributed by atoms with Crippen molar-refractivity contribution in [2.45, 2.75) is 58.3 Å². The van der Waals surface area contributed by atoms with E-state index in [0.717, 1.165) is 41.6 Å². The molecule has 0 spiro atoms. The van der Waals surface area contributed by atoms with E-state index in [4.69, 9.17) is 0 Å². The molecule has 0 aliphatic heterocycles. The quantitative estimate of drug-likeness (QED) is 0.795. The van der Waals surface area contributed by atoms with Crippen LogP contribution in [0.15, 0.2) is 22.9 Å². The molecule has 1 N–H and O–H groups in total. The molecule has 1 fully saturated rings. The van der Waals surface area contributed by atoms with E-state index >= 15 is 0 Å². The summed E-state index contributed by atoms with van der Waals surface area (Å²) < 4.78 is 0.914. The van der Waals surface area contributed by atoms with Gasteiger partial charge in [-0.3, -0.25) is 9.78 Å². The lowest BCUT2D eigenvalue weighted by molar-refractivity contribution is -0.151. The Bertz CT molecular complexity index is 481. The number of nitrogens with zero attached hydrogens (tertiary/aromatic N) is 1. The van der Waals surface area contributed by atoms with Crippen molar-refractivity contribution in [2.24, 2.45) is 11.3 Å². The predicted octanol–water partition coefficient (Wildman–Crippen LogP) is 4.84. The minimum atomic E-state index is -0.642. The number of aromatic nitrogens is 1. The van der Waals surface area contributed by atoms with E-state index in [-0.39, 0.29) is 0 Å². The second-order valence-corrected chi connectivity index (χ2v) is 7.27. The SMILES string of the molecule is CCCCC1CCC(Cc2cncc(Br)c2)(C(=O)O)CC1. The zero-order chi connectivity index (χ0) is 15.3. The van der Waals surface area contributed by atoms with Gasteiger partial charge in [-0.15, -0.1) is 0 Å². The first-order chi connectivity index (χ1) is 10.1. The molecule has 0 saturated heterocycles. The average molecular weight is 354 g/mol. The standard InChI is InChI=1S/C17H24BrNO2/c1-2-3-4-13-5-7-17(8-6-13,16(20)21)10-14-9-15(18)12-19-11-14/h9,11-13H,2-8,10H2,1H3,(H,20,21). The Morgan fingerprint density at radius 3 is 2.71 bits per heavy atom. The molecule has 2 rings (SSSR count). The highest BCUT2D eigenvalue weighted by Crippen LogP contribution is 2.43. The molecular formula is C17H24BrNO2. The maximum absolute atomic E-state index is 11.9. The minimum Gasteiger partial charge on any atom is -0.481 e. The van der Waals surface area contributed by atoms with Crippen LogP contribution < -0.4 is 0 Å². The second-order valence-electron chi connectivity index (χ2n) is 6.36. The van der Waals surface area contributed by atoms with Crippen molar-refractivity contribution in [3.63, 3.8) is 0 Å². The van der Waals surface area contributed by atoms with Gasteiger partial charge in [0, 0.05) is 16.9 Å². The molecule has 0 unspecified atom stereocenters. The van der Waals surface area contributed by atoms with E-state index in [9.17, 15) is 9.90 Å². The zero-order valence-electron chi connectivity index (χ0n) is 12.6. The van der Waals surface area contributed by atoms with Gasteiger partial charge < -0.3 is 5.11 Å². The first-order valence-electron chi connectivity index (χ1n) is 7.88. The van der Waals surface area contributed by atoms with Gasteiger partial charge in [0.15, 0.2) is 0 Å². The van der Waals surface area contributed by atoms with E-state index in [2.05, 4.69) is 27.8 Å². The predicted molar refractivity (Wildman–Crippen MR) is 87.2 cm³/mol. The molecule has 21 heavy (non-hydrogen) atoms. The summed E-state index contributed by atoms with van der Waals surface area (Å²) in [6.07, 6.45) is 11.6. The largest absolute Gasteiger partial charge is 0.481 e. The number of unbranched alkanes of at least 4 members (excludes halogenated alkanes) is 1. The third-order valence-corrected chi connectivity index (χ3v) is 5.22. The van der Waals surface area contributed by atoms with Crippen LogP contribution in [-0.2, 0) is 11.2 Å². The minimum absolute atomic E-state index is 0.592. The number of rotatable bonds is 6. The van der Waals surface area contributed by atoms with Gasteiger partial charge in [-0.1, -0.05) is 26.2 Å². The highest BCUT2D eigenvalue weighted by Gasteiger charge is 2.41. The highest BCUT2D eigenvalue weighted by atomic mass is 79.9. The normalized spacial score (nSPS) is 25.7. The van der Waals surface area contributed by atoms with E-state index in [0.29, 0.717) is 6.42 Å². The number of carboxylic acid groups (broad SMARTS) is 1. The van der Waals surface area contributed by atoms with Crippen molar-refractivity contribution in [2.75, 3.05) is 0 Å². The lowest BCUT2D eigenvalue weighted by atomic mass is 9.67. The van der Waals surface area contributed by atoms with Crippen molar-refractivity contribution in [1.82, 2.24) is 4.98 Å². The van der Waals surface area contributed by atoms with E-state index < -0.39 is 11.4 Å². The molecule has 1 aliphatic carbocycles. The molecule has 4 heteroatoms. The Morgan fingerprint density at radius 1 is 1.43 bits per heavy atom. The molecule has 1 aromatic rings. The van der Waals surface area contributed by atoms with Crippen LogP contribution >= 0.6 is 15.9 Å². The third-order valence-electron chi connectivity index (χ3n) is 4.79. The summed E-state index contributed by atoms with van der Waals surface area (Å²) >= 11 is 3.41. The molecule has 0 atom stereocenters. The first kappa shape index (κ1) is 16.5. The molecule has 1 aliphatic rings. The van der Waals surface area contributed by atoms with Crippen molar-refractivity contribution < 1.29 is 9.90 Å². The van der Waals surface area contributed by atoms with Crippen LogP contribution in [0.5, 0.6) is 0 Å². The molecule has 1 heterocycles. The lowest BCUT2D eigenvalue weighted by Gasteiger charge is -2.37. The number of hydrogen-bond acceptors (Lipinski definition) is 2. The van der Waals surface area contributed by atoms with Crippen molar-refractivity contribution in [3.8, 4) is 0 Å². The molecule has 0 aromatic carbocycles. The van der Waals surface area contributed by atoms with Gasteiger partial charge in [0.25, 0.3) is 0 Å². The summed E-state index contributed by atoms with van der Waals surface area (Å²) in [4.78, 5) is 16.0. The van der Waals surface area contributed by atoms with Crippen molar-refractivity contribution in [3.05, 3.63) is 28.5 Å². The maximum Gasteiger partial charge on any atom is 0.309 e. The van der Waals surface area contributed by atoms with Gasteiger partial charge >= 0.3 is 5.97 Å². The van der Waals surface area contributed by atoms with Crippen LogP contribution in [0.25, 0.3) is 0 Å². The fourth-order valence-electron chi connectivity index (χ4n) is 3.42. The smallest absolute Gasteiger partial charge is 0.309 e. The molecule has 0 radical (unpaired) electrons. The van der Waals surface area contributed by atoms with E-state index in [1.807, 2.05) is 6.07 Å². The van der Waals surface area contributed by atoms with Gasteiger partial charge in [0.2, 0.25) is 0 Å². The number of hydrogen-bond donors (Lipinski definition) is 1. The van der Waals surface area contributed by atoms with Crippen LogP contribution in [0.2, 0.25) is 0 Å². The van der Waals surface area contributed by atoms with Crippen LogP contribution in [0.3, 0.4) is 0 Å². The summed E-state index contributed by atoms with van der Waals surface area (Å²) in [6.45, 7) is 2.21. The van der Waals surface area contributed by atoms with Gasteiger partial charge in [-0.05, 0) is 65.6 Å². The number of pyridine rings is 1.